The van der Waals surface area contributed by atoms with Crippen LogP contribution in [0.3, 0.4) is 0 Å². The fourth-order valence-electron chi connectivity index (χ4n) is 1.48. The van der Waals surface area contributed by atoms with E-state index in [1.807, 2.05) is 0 Å². The molecule has 16 heavy (non-hydrogen) atoms. The summed E-state index contributed by atoms with van der Waals surface area (Å²) in [5.41, 5.74) is 5.40. The van der Waals surface area contributed by atoms with Gasteiger partial charge in [-0.05, 0) is 31.0 Å². The Bertz CT molecular complexity index is 546. The van der Waals surface area contributed by atoms with Gasteiger partial charge in [0.15, 0.2) is 9.84 Å². The van der Waals surface area contributed by atoms with Crippen LogP contribution < -0.4 is 5.73 Å². The van der Waals surface area contributed by atoms with E-state index in [1.165, 1.54) is 18.2 Å². The van der Waals surface area contributed by atoms with E-state index in [-0.39, 0.29) is 21.4 Å². The number of hydrogen-bond donors (Lipinski definition) is 2. The number of hydrogen-bond acceptors (Lipinski definition) is 4. The summed E-state index contributed by atoms with van der Waals surface area (Å²) in [7, 11) is -3.30. The Labute approximate surface area is 92.8 Å². The minimum atomic E-state index is -3.30. The molecule has 2 rings (SSSR count). The molecule has 3 N–H and O–H groups in total. The molecule has 1 saturated carbocycles. The smallest absolute Gasteiger partial charge is 0.337 e. The molecule has 0 unspecified atom stereocenters. The Morgan fingerprint density at radius 1 is 1.38 bits per heavy atom. The quantitative estimate of drug-likeness (QED) is 0.766. The van der Waals surface area contributed by atoms with E-state index in [0.717, 1.165) is 0 Å². The lowest BCUT2D eigenvalue weighted by Crippen LogP contribution is -2.09. The van der Waals surface area contributed by atoms with Crippen LogP contribution in [0.2, 0.25) is 0 Å². The number of nitrogen functional groups attached to an aromatic ring is 1. The van der Waals surface area contributed by atoms with Crippen LogP contribution in [0.25, 0.3) is 0 Å². The van der Waals surface area contributed by atoms with E-state index in [1.54, 1.807) is 0 Å². The Morgan fingerprint density at radius 3 is 2.44 bits per heavy atom. The van der Waals surface area contributed by atoms with Crippen LogP contribution in [0.4, 0.5) is 5.69 Å². The molecule has 5 nitrogen and oxygen atoms in total. The number of carboxylic acids is 1. The molecule has 0 atom stereocenters. The largest absolute Gasteiger partial charge is 0.478 e. The van der Waals surface area contributed by atoms with Crippen LogP contribution in [0.5, 0.6) is 0 Å². The van der Waals surface area contributed by atoms with Gasteiger partial charge in [0.25, 0.3) is 0 Å². The fraction of sp³-hybridized carbons (Fsp3) is 0.300. The Balaban J connectivity index is 2.45. The van der Waals surface area contributed by atoms with Gasteiger partial charge in [-0.3, -0.25) is 0 Å². The van der Waals surface area contributed by atoms with Gasteiger partial charge >= 0.3 is 5.97 Å². The number of benzene rings is 1. The van der Waals surface area contributed by atoms with Crippen molar-refractivity contribution < 1.29 is 18.3 Å². The van der Waals surface area contributed by atoms with Gasteiger partial charge in [-0.2, -0.15) is 0 Å². The molecule has 0 saturated heterocycles. The first kappa shape index (κ1) is 10.9. The highest BCUT2D eigenvalue weighted by Crippen LogP contribution is 2.34. The summed E-state index contributed by atoms with van der Waals surface area (Å²) in [4.78, 5) is 10.8. The molecule has 1 aromatic rings. The minimum Gasteiger partial charge on any atom is -0.478 e. The summed E-state index contributed by atoms with van der Waals surface area (Å²) in [5, 5.41) is 8.43. The molecule has 1 aliphatic carbocycles. The van der Waals surface area contributed by atoms with Crippen molar-refractivity contribution in [3.05, 3.63) is 23.8 Å². The van der Waals surface area contributed by atoms with Gasteiger partial charge < -0.3 is 10.8 Å². The molecule has 86 valence electrons. The van der Waals surface area contributed by atoms with Gasteiger partial charge in [0.1, 0.15) is 0 Å². The maximum absolute atomic E-state index is 11.8. The summed E-state index contributed by atoms with van der Waals surface area (Å²) in [6.45, 7) is 0. The van der Waals surface area contributed by atoms with E-state index in [0.29, 0.717) is 12.8 Å². The Kier molecular flexibility index (Phi) is 2.38. The number of carbonyl (C=O) groups is 1. The van der Waals surface area contributed by atoms with Crippen molar-refractivity contribution in [2.45, 2.75) is 23.0 Å². The summed E-state index contributed by atoms with van der Waals surface area (Å²) < 4.78 is 23.6. The van der Waals surface area contributed by atoms with E-state index in [9.17, 15) is 13.2 Å². The van der Waals surface area contributed by atoms with Crippen molar-refractivity contribution in [2.75, 3.05) is 5.73 Å². The zero-order valence-electron chi connectivity index (χ0n) is 8.38. The monoisotopic (exact) mass is 241 g/mol. The van der Waals surface area contributed by atoms with E-state index < -0.39 is 15.8 Å². The Hall–Kier alpha value is -1.56. The topological polar surface area (TPSA) is 97.5 Å². The second-order valence-corrected chi connectivity index (χ2v) is 6.03. The summed E-state index contributed by atoms with van der Waals surface area (Å²) in [6, 6.07) is 3.75. The zero-order chi connectivity index (χ0) is 11.9. The number of rotatable bonds is 3. The van der Waals surface area contributed by atoms with Crippen LogP contribution in [-0.4, -0.2) is 24.7 Å². The van der Waals surface area contributed by atoms with Gasteiger partial charge in [-0.1, -0.05) is 0 Å². The number of carboxylic acid groups (broad SMARTS) is 1. The van der Waals surface area contributed by atoms with Crippen LogP contribution in [0.15, 0.2) is 23.1 Å². The number of anilines is 1. The van der Waals surface area contributed by atoms with E-state index in [4.69, 9.17) is 10.8 Å². The third-order valence-electron chi connectivity index (χ3n) is 2.55. The lowest BCUT2D eigenvalue weighted by atomic mass is 10.2. The molecule has 0 aromatic heterocycles. The van der Waals surface area contributed by atoms with Crippen molar-refractivity contribution in [3.8, 4) is 0 Å². The first-order valence-corrected chi connectivity index (χ1v) is 6.34. The second kappa shape index (κ2) is 3.48. The third-order valence-corrected chi connectivity index (χ3v) is 4.81. The highest BCUT2D eigenvalue weighted by molar-refractivity contribution is 7.92. The van der Waals surface area contributed by atoms with Crippen molar-refractivity contribution in [3.63, 3.8) is 0 Å². The molecule has 0 radical (unpaired) electrons. The van der Waals surface area contributed by atoms with Crippen LogP contribution in [0.1, 0.15) is 23.2 Å². The van der Waals surface area contributed by atoms with Crippen molar-refractivity contribution in [2.24, 2.45) is 0 Å². The van der Waals surface area contributed by atoms with Crippen molar-refractivity contribution in [1.29, 1.82) is 0 Å². The number of aromatic carboxylic acids is 1. The molecule has 6 heteroatoms. The fourth-order valence-corrected chi connectivity index (χ4v) is 3.17. The van der Waals surface area contributed by atoms with E-state index in [2.05, 4.69) is 0 Å². The summed E-state index contributed by atoms with van der Waals surface area (Å²) >= 11 is 0. The first-order chi connectivity index (χ1) is 7.43. The standard InChI is InChI=1S/C10H11NO4S/c11-9-5-7(3-4-8(9)10(12)13)16(14,15)6-1-2-6/h3-6H,1-2,11H2,(H,12,13). The molecule has 1 aliphatic rings. The normalized spacial score (nSPS) is 16.0. The molecule has 0 bridgehead atoms. The maximum atomic E-state index is 11.8. The third kappa shape index (κ3) is 1.76. The molecular weight excluding hydrogens is 230 g/mol. The van der Waals surface area contributed by atoms with Gasteiger partial charge in [0.05, 0.1) is 15.7 Å². The minimum absolute atomic E-state index is 0.0192. The maximum Gasteiger partial charge on any atom is 0.337 e. The zero-order valence-corrected chi connectivity index (χ0v) is 9.20. The predicted octanol–water partition coefficient (Wildman–Crippen LogP) is 0.903. The van der Waals surface area contributed by atoms with Crippen LogP contribution in [0, 0.1) is 0 Å². The first-order valence-electron chi connectivity index (χ1n) is 4.79. The molecular formula is C10H11NO4S. The molecule has 1 fully saturated rings. The van der Waals surface area contributed by atoms with Crippen LogP contribution >= 0.6 is 0 Å². The summed E-state index contributed by atoms with van der Waals surface area (Å²) in [6.07, 6.45) is 1.34. The average Bonchev–Trinajstić information content (AvgIpc) is 2.99. The lowest BCUT2D eigenvalue weighted by Gasteiger charge is -2.05. The van der Waals surface area contributed by atoms with Crippen molar-refractivity contribution in [1.82, 2.24) is 0 Å². The highest BCUT2D eigenvalue weighted by atomic mass is 32.2. The summed E-state index contributed by atoms with van der Waals surface area (Å²) in [5.74, 6) is -1.16. The number of nitrogens with two attached hydrogens (primary N) is 1. The van der Waals surface area contributed by atoms with Gasteiger partial charge in [-0.25, -0.2) is 13.2 Å². The molecule has 0 spiro atoms. The average molecular weight is 241 g/mol. The molecule has 0 aliphatic heterocycles. The molecule has 0 amide bonds. The van der Waals surface area contributed by atoms with E-state index >= 15 is 0 Å². The van der Waals surface area contributed by atoms with Gasteiger partial charge in [0.2, 0.25) is 0 Å². The predicted molar refractivity (Wildman–Crippen MR) is 58.0 cm³/mol. The van der Waals surface area contributed by atoms with Crippen LogP contribution in [-0.2, 0) is 9.84 Å². The molecule has 1 aromatic carbocycles. The SMILES string of the molecule is Nc1cc(S(=O)(=O)C2CC2)ccc1C(=O)O. The van der Waals surface area contributed by atoms with Gasteiger partial charge in [-0.15, -0.1) is 0 Å². The lowest BCUT2D eigenvalue weighted by molar-refractivity contribution is 0.0698. The van der Waals surface area contributed by atoms with Crippen molar-refractivity contribution >= 4 is 21.5 Å². The second-order valence-electron chi connectivity index (χ2n) is 3.80. The van der Waals surface area contributed by atoms with Gasteiger partial charge in [0, 0.05) is 5.69 Å². The Morgan fingerprint density at radius 2 is 2.00 bits per heavy atom. The highest BCUT2D eigenvalue weighted by Gasteiger charge is 2.37. The number of sulfone groups is 1. The molecule has 0 heterocycles.